The number of nitro groups is 1. The second-order valence-electron chi connectivity index (χ2n) is 9.90. The number of carbonyl (C=O) groups excluding carboxylic acids is 1. The van der Waals surface area contributed by atoms with Crippen molar-refractivity contribution < 1.29 is 22.9 Å². The number of aryl methyl sites for hydroxylation is 1. The van der Waals surface area contributed by atoms with Crippen LogP contribution in [0.1, 0.15) is 36.8 Å². The number of anilines is 1. The Morgan fingerprint density at radius 1 is 1.03 bits per heavy atom. The Hall–Kier alpha value is -2.79. The third-order valence-electron chi connectivity index (χ3n) is 7.20. The lowest BCUT2D eigenvalue weighted by atomic mass is 10.1. The number of nitrogens with zero attached hydrogens (tertiary/aromatic N) is 4. The maximum Gasteiger partial charge on any atom is 0.423 e. The number of thioether (sulfide) groups is 1. The molecule has 0 spiro atoms. The molecule has 206 valence electrons. The van der Waals surface area contributed by atoms with E-state index in [2.05, 4.69) is 41.0 Å². The van der Waals surface area contributed by atoms with Crippen LogP contribution in [0.15, 0.2) is 47.4 Å². The summed E-state index contributed by atoms with van der Waals surface area (Å²) in [5.41, 5.74) is 0.345. The van der Waals surface area contributed by atoms with Gasteiger partial charge in [-0.15, -0.1) is 11.8 Å². The van der Waals surface area contributed by atoms with Crippen LogP contribution >= 0.6 is 11.8 Å². The fourth-order valence-corrected chi connectivity index (χ4v) is 6.15. The quantitative estimate of drug-likeness (QED) is 0.315. The lowest BCUT2D eigenvalue weighted by Gasteiger charge is -2.36. The minimum Gasteiger partial charge on any atom is -0.369 e. The molecule has 4 rings (SSSR count). The van der Waals surface area contributed by atoms with Crippen molar-refractivity contribution in [3.8, 4) is 0 Å². The van der Waals surface area contributed by atoms with Crippen LogP contribution in [0, 0.1) is 17.0 Å². The van der Waals surface area contributed by atoms with Crippen LogP contribution in [-0.2, 0) is 11.0 Å². The van der Waals surface area contributed by atoms with Crippen molar-refractivity contribution in [3.63, 3.8) is 0 Å². The summed E-state index contributed by atoms with van der Waals surface area (Å²) < 4.78 is 39.8. The lowest BCUT2D eigenvalue weighted by molar-refractivity contribution is -0.388. The van der Waals surface area contributed by atoms with E-state index in [-0.39, 0.29) is 11.2 Å². The number of nitro benzene ring substituents is 1. The Morgan fingerprint density at radius 2 is 1.68 bits per heavy atom. The molecule has 0 atom stereocenters. The van der Waals surface area contributed by atoms with Gasteiger partial charge in [-0.25, -0.2) is 0 Å². The number of benzene rings is 2. The van der Waals surface area contributed by atoms with E-state index in [9.17, 15) is 28.1 Å². The van der Waals surface area contributed by atoms with Gasteiger partial charge in [0.1, 0.15) is 5.56 Å². The van der Waals surface area contributed by atoms with E-state index in [1.807, 2.05) is 4.90 Å². The van der Waals surface area contributed by atoms with Crippen LogP contribution in [0.5, 0.6) is 0 Å². The number of rotatable bonds is 8. The number of hydrogen-bond donors (Lipinski definition) is 0. The fraction of sp³-hybridized carbons (Fsp3) is 0.519. The van der Waals surface area contributed by atoms with E-state index < -0.39 is 22.4 Å². The number of likely N-dealkylation sites (tertiary alicyclic amines) is 1. The molecule has 11 heteroatoms. The Balaban J connectivity index is 1.17. The number of carbonyl (C=O) groups is 1. The summed E-state index contributed by atoms with van der Waals surface area (Å²) in [5.74, 6) is 0.126. The summed E-state index contributed by atoms with van der Waals surface area (Å²) in [5, 5.41) is 11.0. The first kappa shape index (κ1) is 28.2. The van der Waals surface area contributed by atoms with Crippen LogP contribution in [0.25, 0.3) is 0 Å². The van der Waals surface area contributed by atoms with Gasteiger partial charge in [-0.1, -0.05) is 17.7 Å². The van der Waals surface area contributed by atoms with Gasteiger partial charge in [-0.3, -0.25) is 19.8 Å². The molecule has 1 amide bonds. The summed E-state index contributed by atoms with van der Waals surface area (Å²) in [7, 11) is 0. The Kier molecular flexibility index (Phi) is 9.19. The first-order chi connectivity index (χ1) is 18.1. The van der Waals surface area contributed by atoms with Crippen molar-refractivity contribution in [2.45, 2.75) is 48.9 Å². The third-order valence-corrected chi connectivity index (χ3v) is 8.53. The number of alkyl halides is 3. The van der Waals surface area contributed by atoms with Crippen molar-refractivity contribution in [2.75, 3.05) is 50.7 Å². The van der Waals surface area contributed by atoms with Crippen LogP contribution in [0.3, 0.4) is 0 Å². The standard InChI is InChI=1S/C27H33F3N4O3S/c1-20-4-6-21(7-5-20)32-17-15-31(16-18-32)12-2-3-26(35)33-13-10-22(11-14-33)38-23-8-9-25(34(36)37)24(19-23)27(28,29)30/h4-9,19,22H,2-3,10-18H2,1H3. The predicted octanol–water partition coefficient (Wildman–Crippen LogP) is 5.61. The van der Waals surface area contributed by atoms with Crippen molar-refractivity contribution >= 4 is 29.0 Å². The minimum atomic E-state index is -4.79. The molecule has 0 N–H and O–H groups in total. The zero-order valence-electron chi connectivity index (χ0n) is 21.5. The van der Waals surface area contributed by atoms with E-state index in [4.69, 9.17) is 0 Å². The molecule has 0 bridgehead atoms. The monoisotopic (exact) mass is 550 g/mol. The minimum absolute atomic E-state index is 0.0615. The van der Waals surface area contributed by atoms with Gasteiger partial charge in [0, 0.05) is 67.6 Å². The SMILES string of the molecule is Cc1ccc(N2CCN(CCCC(=O)N3CCC(Sc4ccc([N+](=O)[O-])c(C(F)(F)F)c4)CC3)CC2)cc1. The summed E-state index contributed by atoms with van der Waals surface area (Å²) in [6.45, 7) is 8.02. The molecule has 7 nitrogen and oxygen atoms in total. The highest BCUT2D eigenvalue weighted by atomic mass is 32.2. The average Bonchev–Trinajstić information content (AvgIpc) is 2.89. The highest BCUT2D eigenvalue weighted by molar-refractivity contribution is 8.00. The van der Waals surface area contributed by atoms with E-state index >= 15 is 0 Å². The number of hydrogen-bond acceptors (Lipinski definition) is 6. The number of halogens is 3. The van der Waals surface area contributed by atoms with Crippen LogP contribution in [0.4, 0.5) is 24.5 Å². The van der Waals surface area contributed by atoms with E-state index in [0.29, 0.717) is 37.2 Å². The molecule has 2 saturated heterocycles. The van der Waals surface area contributed by atoms with E-state index in [0.717, 1.165) is 51.3 Å². The Bertz CT molecular complexity index is 1110. The third kappa shape index (κ3) is 7.41. The molecule has 2 aromatic carbocycles. The van der Waals surface area contributed by atoms with Crippen molar-refractivity contribution in [1.82, 2.24) is 9.80 Å². The smallest absolute Gasteiger partial charge is 0.369 e. The largest absolute Gasteiger partial charge is 0.423 e. The zero-order valence-corrected chi connectivity index (χ0v) is 22.3. The van der Waals surface area contributed by atoms with Gasteiger partial charge >= 0.3 is 6.18 Å². The van der Waals surface area contributed by atoms with Crippen molar-refractivity contribution in [2.24, 2.45) is 0 Å². The molecule has 2 aliphatic rings. The molecule has 2 aliphatic heterocycles. The van der Waals surface area contributed by atoms with Crippen LogP contribution in [-0.4, -0.2) is 71.7 Å². The maximum atomic E-state index is 13.3. The predicted molar refractivity (Wildman–Crippen MR) is 143 cm³/mol. The topological polar surface area (TPSA) is 69.9 Å². The molecular formula is C27H33F3N4O3S. The molecule has 2 aromatic rings. The average molecular weight is 551 g/mol. The highest BCUT2D eigenvalue weighted by Crippen LogP contribution is 2.40. The van der Waals surface area contributed by atoms with E-state index in [1.165, 1.54) is 29.1 Å². The number of piperidine rings is 1. The molecule has 0 unspecified atom stereocenters. The van der Waals surface area contributed by atoms with Gasteiger partial charge in [-0.2, -0.15) is 13.2 Å². The summed E-state index contributed by atoms with van der Waals surface area (Å²) >= 11 is 1.29. The summed E-state index contributed by atoms with van der Waals surface area (Å²) in [4.78, 5) is 29.7. The molecule has 0 saturated carbocycles. The van der Waals surface area contributed by atoms with Gasteiger partial charge in [0.25, 0.3) is 5.69 Å². The van der Waals surface area contributed by atoms with E-state index in [1.54, 1.807) is 0 Å². The molecule has 0 aliphatic carbocycles. The Labute approximate surface area is 225 Å². The zero-order chi connectivity index (χ0) is 27.3. The maximum absolute atomic E-state index is 13.3. The molecule has 0 radical (unpaired) electrons. The van der Waals surface area contributed by atoms with Crippen molar-refractivity contribution in [3.05, 3.63) is 63.7 Å². The Morgan fingerprint density at radius 3 is 2.29 bits per heavy atom. The van der Waals surface area contributed by atoms with Crippen molar-refractivity contribution in [1.29, 1.82) is 0 Å². The molecular weight excluding hydrogens is 517 g/mol. The lowest BCUT2D eigenvalue weighted by Crippen LogP contribution is -2.46. The van der Waals surface area contributed by atoms with Gasteiger partial charge in [0.15, 0.2) is 0 Å². The van der Waals surface area contributed by atoms with Gasteiger partial charge in [0.2, 0.25) is 5.91 Å². The first-order valence-corrected chi connectivity index (χ1v) is 13.8. The molecule has 38 heavy (non-hydrogen) atoms. The number of piperazine rings is 1. The second-order valence-corrected chi connectivity index (χ2v) is 11.3. The number of amides is 1. The van der Waals surface area contributed by atoms with Crippen LogP contribution in [0.2, 0.25) is 0 Å². The fourth-order valence-electron chi connectivity index (χ4n) is 4.99. The van der Waals surface area contributed by atoms with Crippen LogP contribution < -0.4 is 4.90 Å². The molecule has 2 heterocycles. The van der Waals surface area contributed by atoms with Gasteiger partial charge < -0.3 is 9.80 Å². The first-order valence-electron chi connectivity index (χ1n) is 12.9. The highest BCUT2D eigenvalue weighted by Gasteiger charge is 2.38. The van der Waals surface area contributed by atoms with Gasteiger partial charge in [-0.05, 0) is 57.0 Å². The normalized spacial score (nSPS) is 17.6. The molecule has 2 fully saturated rings. The second kappa shape index (κ2) is 12.4. The summed E-state index contributed by atoms with van der Waals surface area (Å²) in [6, 6.07) is 11.7. The summed E-state index contributed by atoms with van der Waals surface area (Å²) in [6.07, 6.45) is -2.14. The van der Waals surface area contributed by atoms with Gasteiger partial charge in [0.05, 0.1) is 4.92 Å². The molecule has 0 aromatic heterocycles.